The lowest BCUT2D eigenvalue weighted by Crippen LogP contribution is -2.37. The van der Waals surface area contributed by atoms with Crippen molar-refractivity contribution < 1.29 is 9.53 Å². The molecule has 0 spiro atoms. The second-order valence-electron chi connectivity index (χ2n) is 10.0. The summed E-state index contributed by atoms with van der Waals surface area (Å²) in [5.41, 5.74) is 3.71. The third-order valence-corrected chi connectivity index (χ3v) is 6.18. The maximum absolute atomic E-state index is 12.7. The third kappa shape index (κ3) is 6.25. The van der Waals surface area contributed by atoms with E-state index in [0.29, 0.717) is 5.75 Å². The predicted octanol–water partition coefficient (Wildman–Crippen LogP) is 5.87. The van der Waals surface area contributed by atoms with Gasteiger partial charge in [0.25, 0.3) is 5.91 Å². The van der Waals surface area contributed by atoms with Crippen molar-refractivity contribution in [1.82, 2.24) is 5.32 Å². The van der Waals surface area contributed by atoms with E-state index in [0.717, 1.165) is 24.6 Å². The smallest absolute Gasteiger partial charge is 0.261 e. The zero-order chi connectivity index (χ0) is 22.6. The number of amides is 1. The summed E-state index contributed by atoms with van der Waals surface area (Å²) in [4.78, 5) is 15.1. The van der Waals surface area contributed by atoms with Crippen LogP contribution in [0.5, 0.6) is 5.75 Å². The molecule has 3 atom stereocenters. The number of nitrogens with one attached hydrogen (secondary N) is 1. The van der Waals surface area contributed by atoms with Gasteiger partial charge in [-0.1, -0.05) is 52.0 Å². The Hall–Kier alpha value is -2.49. The summed E-state index contributed by atoms with van der Waals surface area (Å²) in [6.45, 7) is 14.9. The molecule has 3 rings (SSSR count). The molecule has 4 heteroatoms. The number of ether oxygens (including phenoxy) is 1. The fourth-order valence-corrected chi connectivity index (χ4v) is 4.10. The van der Waals surface area contributed by atoms with Crippen molar-refractivity contribution in [2.45, 2.75) is 71.9 Å². The first-order valence-electron chi connectivity index (χ1n) is 11.6. The number of benzene rings is 2. The molecule has 1 N–H and O–H groups in total. The van der Waals surface area contributed by atoms with Crippen LogP contribution in [0.25, 0.3) is 0 Å². The molecule has 1 saturated heterocycles. The largest absolute Gasteiger partial charge is 0.481 e. The zero-order valence-corrected chi connectivity index (χ0v) is 19.9. The van der Waals surface area contributed by atoms with Crippen LogP contribution in [0.1, 0.15) is 71.6 Å². The van der Waals surface area contributed by atoms with Crippen LogP contribution >= 0.6 is 0 Å². The van der Waals surface area contributed by atoms with E-state index in [1.165, 1.54) is 24.1 Å². The van der Waals surface area contributed by atoms with Gasteiger partial charge in [0, 0.05) is 18.8 Å². The molecule has 2 aromatic rings. The minimum atomic E-state index is -0.558. The van der Waals surface area contributed by atoms with Gasteiger partial charge in [0.2, 0.25) is 0 Å². The summed E-state index contributed by atoms with van der Waals surface area (Å²) in [6.07, 6.45) is 2.02. The number of carbonyl (C=O) groups is 1. The lowest BCUT2D eigenvalue weighted by Gasteiger charge is -2.33. The van der Waals surface area contributed by atoms with Crippen LogP contribution in [-0.4, -0.2) is 25.1 Å². The van der Waals surface area contributed by atoms with Crippen LogP contribution in [0, 0.1) is 5.92 Å². The zero-order valence-electron chi connectivity index (χ0n) is 19.9. The highest BCUT2D eigenvalue weighted by Crippen LogP contribution is 2.26. The van der Waals surface area contributed by atoms with E-state index in [2.05, 4.69) is 74.3 Å². The quantitative estimate of drug-likeness (QED) is 0.633. The molecule has 31 heavy (non-hydrogen) atoms. The van der Waals surface area contributed by atoms with Crippen LogP contribution in [0.2, 0.25) is 0 Å². The molecule has 0 radical (unpaired) electrons. The standard InChI is InChI=1S/C27H38N2O2/c1-19-8-7-17-29(18-19)24-13-9-22(10-14-24)20(2)28-26(30)21(3)31-25-15-11-23(12-16-25)27(4,5)6/h9-16,19-21H,7-8,17-18H2,1-6H3,(H,28,30). The van der Waals surface area contributed by atoms with Gasteiger partial charge in [-0.3, -0.25) is 4.79 Å². The van der Waals surface area contributed by atoms with Crippen molar-refractivity contribution in [2.24, 2.45) is 5.92 Å². The molecule has 0 aromatic heterocycles. The second-order valence-corrected chi connectivity index (χ2v) is 10.0. The van der Waals surface area contributed by atoms with E-state index in [-0.39, 0.29) is 17.4 Å². The molecule has 0 bridgehead atoms. The first-order chi connectivity index (χ1) is 14.6. The Morgan fingerprint density at radius 1 is 1.06 bits per heavy atom. The minimum Gasteiger partial charge on any atom is -0.481 e. The minimum absolute atomic E-state index is 0.0730. The van der Waals surface area contributed by atoms with Gasteiger partial charge in [-0.25, -0.2) is 0 Å². The molecule has 1 aliphatic rings. The Balaban J connectivity index is 1.54. The monoisotopic (exact) mass is 422 g/mol. The van der Waals surface area contributed by atoms with Gasteiger partial charge in [0.1, 0.15) is 5.75 Å². The van der Waals surface area contributed by atoms with Crippen molar-refractivity contribution in [3.63, 3.8) is 0 Å². The Bertz CT molecular complexity index is 852. The number of anilines is 1. The van der Waals surface area contributed by atoms with E-state index < -0.39 is 6.10 Å². The molecule has 3 unspecified atom stereocenters. The van der Waals surface area contributed by atoms with Gasteiger partial charge in [-0.15, -0.1) is 0 Å². The summed E-state index contributed by atoms with van der Waals surface area (Å²) >= 11 is 0. The van der Waals surface area contributed by atoms with Crippen LogP contribution in [0.15, 0.2) is 48.5 Å². The third-order valence-electron chi connectivity index (χ3n) is 6.18. The van der Waals surface area contributed by atoms with E-state index in [9.17, 15) is 4.79 Å². The molecule has 0 saturated carbocycles. The van der Waals surface area contributed by atoms with Crippen molar-refractivity contribution in [3.8, 4) is 5.75 Å². The topological polar surface area (TPSA) is 41.6 Å². The summed E-state index contributed by atoms with van der Waals surface area (Å²) < 4.78 is 5.87. The Kier molecular flexibility index (Phi) is 7.30. The molecule has 1 amide bonds. The molecule has 0 aliphatic carbocycles. The van der Waals surface area contributed by atoms with Gasteiger partial charge in [-0.05, 0) is 73.4 Å². The average Bonchev–Trinajstić information content (AvgIpc) is 2.73. The van der Waals surface area contributed by atoms with Gasteiger partial charge in [0.15, 0.2) is 6.10 Å². The Morgan fingerprint density at radius 3 is 2.29 bits per heavy atom. The molecule has 1 fully saturated rings. The summed E-state index contributed by atoms with van der Waals surface area (Å²) in [6, 6.07) is 16.5. The number of hydrogen-bond acceptors (Lipinski definition) is 3. The maximum atomic E-state index is 12.7. The number of rotatable bonds is 6. The molecule has 2 aromatic carbocycles. The van der Waals surface area contributed by atoms with Gasteiger partial charge < -0.3 is 15.0 Å². The fraction of sp³-hybridized carbons (Fsp3) is 0.519. The highest BCUT2D eigenvalue weighted by Gasteiger charge is 2.20. The van der Waals surface area contributed by atoms with Crippen molar-refractivity contribution in [2.75, 3.05) is 18.0 Å². The summed E-state index contributed by atoms with van der Waals surface area (Å²) in [7, 11) is 0. The number of piperidine rings is 1. The first-order valence-corrected chi connectivity index (χ1v) is 11.6. The summed E-state index contributed by atoms with van der Waals surface area (Å²) in [5, 5.41) is 3.08. The molecule has 1 aliphatic heterocycles. The second kappa shape index (κ2) is 9.76. The predicted molar refractivity (Wildman–Crippen MR) is 129 cm³/mol. The van der Waals surface area contributed by atoms with Crippen LogP contribution in [0.4, 0.5) is 5.69 Å². The van der Waals surface area contributed by atoms with Gasteiger partial charge in [0.05, 0.1) is 6.04 Å². The molecule has 4 nitrogen and oxygen atoms in total. The van der Waals surface area contributed by atoms with E-state index in [1.807, 2.05) is 19.1 Å². The molecule has 168 valence electrons. The summed E-state index contributed by atoms with van der Waals surface area (Å²) in [5.74, 6) is 1.35. The number of nitrogens with zero attached hydrogens (tertiary/aromatic N) is 1. The van der Waals surface area contributed by atoms with E-state index in [1.54, 1.807) is 6.92 Å². The SMILES string of the molecule is CC1CCCN(c2ccc(C(C)NC(=O)C(C)Oc3ccc(C(C)(C)C)cc3)cc2)C1. The lowest BCUT2D eigenvalue weighted by atomic mass is 9.87. The highest BCUT2D eigenvalue weighted by molar-refractivity contribution is 5.81. The van der Waals surface area contributed by atoms with E-state index in [4.69, 9.17) is 4.74 Å². The first kappa shape index (κ1) is 23.2. The highest BCUT2D eigenvalue weighted by atomic mass is 16.5. The molecular formula is C27H38N2O2. The maximum Gasteiger partial charge on any atom is 0.261 e. The van der Waals surface area contributed by atoms with Crippen LogP contribution in [0.3, 0.4) is 0 Å². The molecule has 1 heterocycles. The average molecular weight is 423 g/mol. The van der Waals surface area contributed by atoms with Crippen LogP contribution < -0.4 is 15.0 Å². The van der Waals surface area contributed by atoms with Gasteiger partial charge >= 0.3 is 0 Å². The molecular weight excluding hydrogens is 384 g/mol. The normalized spacial score (nSPS) is 18.9. The van der Waals surface area contributed by atoms with Crippen molar-refractivity contribution in [3.05, 3.63) is 59.7 Å². The van der Waals surface area contributed by atoms with Crippen LogP contribution in [-0.2, 0) is 10.2 Å². The lowest BCUT2D eigenvalue weighted by molar-refractivity contribution is -0.127. The number of hydrogen-bond donors (Lipinski definition) is 1. The van der Waals surface area contributed by atoms with Crippen molar-refractivity contribution in [1.29, 1.82) is 0 Å². The fourth-order valence-electron chi connectivity index (χ4n) is 4.10. The van der Waals surface area contributed by atoms with Gasteiger partial charge in [-0.2, -0.15) is 0 Å². The Labute approximate surface area is 188 Å². The van der Waals surface area contributed by atoms with Crippen molar-refractivity contribution >= 4 is 11.6 Å². The number of carbonyl (C=O) groups excluding carboxylic acids is 1. The Morgan fingerprint density at radius 2 is 1.71 bits per heavy atom. The van der Waals surface area contributed by atoms with E-state index >= 15 is 0 Å².